The Labute approximate surface area is 203 Å². The first-order chi connectivity index (χ1) is 16.3. The van der Waals surface area contributed by atoms with Crippen LogP contribution in [0.25, 0.3) is 0 Å². The Balaban J connectivity index is 1.75. The Kier molecular flexibility index (Phi) is 4.51. The second kappa shape index (κ2) is 7.27. The van der Waals surface area contributed by atoms with Gasteiger partial charge in [0.25, 0.3) is 0 Å². The number of benzene rings is 4. The highest BCUT2D eigenvalue weighted by Gasteiger charge is 2.45. The monoisotopic (exact) mass is 443 g/mol. The van der Waals surface area contributed by atoms with E-state index in [0.717, 1.165) is 11.5 Å². The third-order valence-electron chi connectivity index (χ3n) is 7.62. The Bertz CT molecular complexity index is 1360. The molecule has 0 saturated heterocycles. The molecule has 0 radical (unpaired) electrons. The fraction of sp³-hybridized carbons (Fsp3) is 0.226. The van der Waals surface area contributed by atoms with E-state index in [9.17, 15) is 0 Å². The maximum atomic E-state index is 6.39. The fourth-order valence-electron chi connectivity index (χ4n) is 6.19. The molecule has 0 saturated carbocycles. The highest BCUT2D eigenvalue weighted by Crippen LogP contribution is 2.52. The standard InChI is InChI=1S/C31H30BNO/c1-19-15-21(3)29-23(17-19)31(5,6)24-18-20(2)16-22(4)30(24)33(29)32-25-11-7-9-13-27(25)34-28-14-10-8-12-26(28)32/h7-18H,1-6H3. The zero-order chi connectivity index (χ0) is 23.8. The molecule has 0 atom stereocenters. The highest BCUT2D eigenvalue weighted by molar-refractivity contribution is 6.90. The van der Waals surface area contributed by atoms with Gasteiger partial charge in [-0.3, -0.25) is 0 Å². The molecule has 2 nitrogen and oxygen atoms in total. The minimum atomic E-state index is -0.0983. The minimum absolute atomic E-state index is 0.0255. The average Bonchev–Trinajstić information content (AvgIpc) is 2.79. The molecule has 0 bridgehead atoms. The van der Waals surface area contributed by atoms with Gasteiger partial charge in [-0.25, -0.2) is 0 Å². The lowest BCUT2D eigenvalue weighted by molar-refractivity contribution is 0.487. The molecular weight excluding hydrogens is 413 g/mol. The van der Waals surface area contributed by atoms with Crippen molar-refractivity contribution in [2.45, 2.75) is 47.0 Å². The van der Waals surface area contributed by atoms with Crippen LogP contribution in [-0.2, 0) is 5.41 Å². The average molecular weight is 443 g/mol. The van der Waals surface area contributed by atoms with E-state index in [2.05, 4.69) is 119 Å². The molecule has 0 fully saturated rings. The lowest BCUT2D eigenvalue weighted by Gasteiger charge is -2.47. The molecule has 0 amide bonds. The first-order valence-electron chi connectivity index (χ1n) is 12.2. The second-order valence-corrected chi connectivity index (χ2v) is 10.5. The molecule has 0 unspecified atom stereocenters. The van der Waals surface area contributed by atoms with Crippen LogP contribution in [0.15, 0.2) is 72.8 Å². The Morgan fingerprint density at radius 1 is 0.647 bits per heavy atom. The molecule has 0 aliphatic carbocycles. The maximum absolute atomic E-state index is 6.39. The van der Waals surface area contributed by atoms with Crippen molar-refractivity contribution in [3.05, 3.63) is 106 Å². The summed E-state index contributed by atoms with van der Waals surface area (Å²) in [4.78, 5) is 2.61. The van der Waals surface area contributed by atoms with Crippen LogP contribution in [0.2, 0.25) is 0 Å². The van der Waals surface area contributed by atoms with Crippen molar-refractivity contribution in [1.29, 1.82) is 0 Å². The van der Waals surface area contributed by atoms with Gasteiger partial charge in [-0.1, -0.05) is 85.6 Å². The van der Waals surface area contributed by atoms with Gasteiger partial charge in [-0.05, 0) is 73.0 Å². The molecule has 3 heteroatoms. The van der Waals surface area contributed by atoms with Crippen LogP contribution in [0.4, 0.5) is 11.4 Å². The molecule has 4 aromatic carbocycles. The van der Waals surface area contributed by atoms with Crippen molar-refractivity contribution in [2.75, 3.05) is 4.81 Å². The normalized spacial score (nSPS) is 15.1. The second-order valence-electron chi connectivity index (χ2n) is 10.5. The quantitative estimate of drug-likeness (QED) is 0.307. The van der Waals surface area contributed by atoms with Crippen LogP contribution in [0.1, 0.15) is 47.2 Å². The number of fused-ring (bicyclic) bond motifs is 4. The van der Waals surface area contributed by atoms with Gasteiger partial charge < -0.3 is 9.55 Å². The third-order valence-corrected chi connectivity index (χ3v) is 7.62. The molecule has 2 heterocycles. The van der Waals surface area contributed by atoms with Gasteiger partial charge >= 0.3 is 6.85 Å². The minimum Gasteiger partial charge on any atom is -0.458 e. The van der Waals surface area contributed by atoms with E-state index in [0.29, 0.717) is 0 Å². The summed E-state index contributed by atoms with van der Waals surface area (Å²) in [5, 5.41) is 0. The Morgan fingerprint density at radius 3 is 1.56 bits per heavy atom. The topological polar surface area (TPSA) is 12.5 Å². The molecule has 0 aromatic heterocycles. The van der Waals surface area contributed by atoms with E-state index in [-0.39, 0.29) is 12.3 Å². The van der Waals surface area contributed by atoms with Gasteiger partial charge in [0.1, 0.15) is 11.5 Å². The number of aryl methyl sites for hydroxylation is 4. The number of para-hydroxylation sites is 2. The van der Waals surface area contributed by atoms with Gasteiger partial charge in [0.2, 0.25) is 0 Å². The van der Waals surface area contributed by atoms with Gasteiger partial charge in [-0.2, -0.15) is 0 Å². The van der Waals surface area contributed by atoms with E-state index < -0.39 is 0 Å². The molecule has 0 N–H and O–H groups in total. The predicted octanol–water partition coefficient (Wildman–Crippen LogP) is 6.61. The summed E-state index contributed by atoms with van der Waals surface area (Å²) < 4.78 is 6.39. The van der Waals surface area contributed by atoms with E-state index in [4.69, 9.17) is 4.74 Å². The van der Waals surface area contributed by atoms with Crippen molar-refractivity contribution in [2.24, 2.45) is 0 Å². The zero-order valence-corrected chi connectivity index (χ0v) is 20.9. The smallest absolute Gasteiger partial charge is 0.335 e. The molecule has 168 valence electrons. The van der Waals surface area contributed by atoms with Crippen molar-refractivity contribution in [1.82, 2.24) is 0 Å². The van der Waals surface area contributed by atoms with Crippen molar-refractivity contribution in [3.63, 3.8) is 0 Å². The van der Waals surface area contributed by atoms with Gasteiger partial charge in [-0.15, -0.1) is 0 Å². The number of hydrogen-bond acceptors (Lipinski definition) is 2. The van der Waals surface area contributed by atoms with E-state index >= 15 is 0 Å². The number of nitrogens with zero attached hydrogens (tertiary/aromatic N) is 1. The maximum Gasteiger partial charge on any atom is 0.335 e. The summed E-state index contributed by atoms with van der Waals surface area (Å²) in [7, 11) is 0. The molecule has 0 spiro atoms. The summed E-state index contributed by atoms with van der Waals surface area (Å²) in [6, 6.07) is 26.5. The number of rotatable bonds is 1. The summed E-state index contributed by atoms with van der Waals surface area (Å²) >= 11 is 0. The molecule has 34 heavy (non-hydrogen) atoms. The van der Waals surface area contributed by atoms with Crippen LogP contribution in [0.5, 0.6) is 11.5 Å². The molecule has 2 aliphatic heterocycles. The Hall–Kier alpha value is -3.46. The van der Waals surface area contributed by atoms with Gasteiger partial charge in [0.15, 0.2) is 0 Å². The van der Waals surface area contributed by atoms with E-state index in [1.807, 2.05) is 0 Å². The molecule has 2 aliphatic rings. The number of ether oxygens (including phenoxy) is 1. The summed E-state index contributed by atoms with van der Waals surface area (Å²) in [6.45, 7) is 13.7. The molecular formula is C31H30BNO. The largest absolute Gasteiger partial charge is 0.458 e. The van der Waals surface area contributed by atoms with Crippen molar-refractivity contribution < 1.29 is 4.74 Å². The van der Waals surface area contributed by atoms with Crippen LogP contribution in [0, 0.1) is 27.7 Å². The van der Waals surface area contributed by atoms with E-state index in [1.54, 1.807) is 0 Å². The summed E-state index contributed by atoms with van der Waals surface area (Å²) in [5.41, 5.74) is 13.0. The lowest BCUT2D eigenvalue weighted by atomic mass is 9.46. The first kappa shape index (κ1) is 21.1. The van der Waals surface area contributed by atoms with Crippen LogP contribution < -0.4 is 20.5 Å². The zero-order valence-electron chi connectivity index (χ0n) is 20.9. The predicted molar refractivity (Wildman–Crippen MR) is 144 cm³/mol. The fourth-order valence-corrected chi connectivity index (χ4v) is 6.19. The SMILES string of the molecule is Cc1cc(C)c2c(c1)C(C)(C)c1cc(C)cc(C)c1N2B1c2ccccc2Oc2ccccc21. The first-order valence-corrected chi connectivity index (χ1v) is 12.2. The van der Waals surface area contributed by atoms with Gasteiger partial charge in [0.05, 0.1) is 0 Å². The van der Waals surface area contributed by atoms with Crippen molar-refractivity contribution in [3.8, 4) is 11.5 Å². The Morgan fingerprint density at radius 2 is 1.09 bits per heavy atom. The van der Waals surface area contributed by atoms with Gasteiger partial charge in [0, 0.05) is 16.8 Å². The molecule has 6 rings (SSSR count). The number of hydrogen-bond donors (Lipinski definition) is 0. The molecule has 4 aromatic rings. The summed E-state index contributed by atoms with van der Waals surface area (Å²) in [5.74, 6) is 1.88. The lowest BCUT2D eigenvalue weighted by Crippen LogP contribution is -2.59. The third kappa shape index (κ3) is 2.89. The number of anilines is 2. The van der Waals surface area contributed by atoms with Crippen molar-refractivity contribution >= 4 is 29.1 Å². The highest BCUT2D eigenvalue weighted by atomic mass is 16.5. The summed E-state index contributed by atoms with van der Waals surface area (Å²) in [6.07, 6.45) is 0. The van der Waals surface area contributed by atoms with Crippen LogP contribution >= 0.6 is 0 Å². The van der Waals surface area contributed by atoms with E-state index in [1.165, 1.54) is 55.7 Å². The van der Waals surface area contributed by atoms with Crippen LogP contribution in [0.3, 0.4) is 0 Å². The van der Waals surface area contributed by atoms with Crippen LogP contribution in [-0.4, -0.2) is 6.85 Å².